The van der Waals surface area contributed by atoms with Crippen molar-refractivity contribution in [2.45, 2.75) is 32.6 Å². The van der Waals surface area contributed by atoms with Crippen LogP contribution in [-0.2, 0) is 9.59 Å². The van der Waals surface area contributed by atoms with Gasteiger partial charge in [-0.2, -0.15) is 0 Å². The molecular weight excluding hydrogens is 324 g/mol. The summed E-state index contributed by atoms with van der Waals surface area (Å²) in [6.07, 6.45) is 2.96. The number of carboxylic acids is 1. The zero-order chi connectivity index (χ0) is 17.1. The summed E-state index contributed by atoms with van der Waals surface area (Å²) in [6.45, 7) is 1.97. The van der Waals surface area contributed by atoms with E-state index in [0.29, 0.717) is 18.0 Å². The van der Waals surface area contributed by atoms with Crippen LogP contribution in [0, 0.1) is 18.8 Å². The van der Waals surface area contributed by atoms with Gasteiger partial charge in [0.2, 0.25) is 5.91 Å². The maximum absolute atomic E-state index is 12.5. The van der Waals surface area contributed by atoms with Crippen LogP contribution in [0.25, 0.3) is 11.3 Å². The summed E-state index contributed by atoms with van der Waals surface area (Å²) >= 11 is 1.42. The van der Waals surface area contributed by atoms with E-state index in [1.807, 2.05) is 37.3 Å². The van der Waals surface area contributed by atoms with Crippen LogP contribution in [0.2, 0.25) is 0 Å². The molecule has 0 radical (unpaired) electrons. The number of carbonyl (C=O) groups excluding carboxylic acids is 1. The van der Waals surface area contributed by atoms with Crippen LogP contribution >= 0.6 is 11.3 Å². The third-order valence-corrected chi connectivity index (χ3v) is 5.38. The van der Waals surface area contributed by atoms with E-state index >= 15 is 0 Å². The second kappa shape index (κ2) is 7.13. The van der Waals surface area contributed by atoms with Gasteiger partial charge in [0, 0.05) is 10.4 Å². The molecule has 0 aliphatic heterocycles. The van der Waals surface area contributed by atoms with Crippen molar-refractivity contribution in [3.8, 4) is 11.3 Å². The molecule has 1 fully saturated rings. The lowest BCUT2D eigenvalue weighted by Gasteiger charge is -2.26. The first-order valence-electron chi connectivity index (χ1n) is 8.13. The highest BCUT2D eigenvalue weighted by atomic mass is 32.1. The molecule has 1 heterocycles. The van der Waals surface area contributed by atoms with Gasteiger partial charge in [0.15, 0.2) is 5.13 Å². The summed E-state index contributed by atoms with van der Waals surface area (Å²) in [5, 5.41) is 12.7. The smallest absolute Gasteiger partial charge is 0.307 e. The Labute approximate surface area is 144 Å². The largest absolute Gasteiger partial charge is 0.481 e. The number of amides is 1. The van der Waals surface area contributed by atoms with E-state index < -0.39 is 17.8 Å². The summed E-state index contributed by atoms with van der Waals surface area (Å²) in [6, 6.07) is 9.81. The fourth-order valence-corrected chi connectivity index (χ4v) is 4.09. The van der Waals surface area contributed by atoms with E-state index in [-0.39, 0.29) is 5.91 Å². The molecule has 1 aromatic carbocycles. The molecule has 3 rings (SSSR count). The fraction of sp³-hybridized carbons (Fsp3) is 0.389. The number of hydrogen-bond acceptors (Lipinski definition) is 4. The van der Waals surface area contributed by atoms with Gasteiger partial charge in [0.05, 0.1) is 17.5 Å². The van der Waals surface area contributed by atoms with Gasteiger partial charge in [-0.05, 0) is 19.8 Å². The molecule has 1 aromatic heterocycles. The standard InChI is InChI=1S/C18H20N2O3S/c1-11-15(12-7-3-2-4-8-12)19-18(24-11)20-16(21)13-9-5-6-10-14(13)17(22)23/h2-4,7-8,13-14H,5-6,9-10H2,1H3,(H,22,23)(H,19,20,21)/t13-,14-/m0/s1. The van der Waals surface area contributed by atoms with Crippen molar-refractivity contribution in [1.29, 1.82) is 0 Å². The van der Waals surface area contributed by atoms with Crippen molar-refractivity contribution in [1.82, 2.24) is 4.98 Å². The Balaban J connectivity index is 1.76. The first-order valence-corrected chi connectivity index (χ1v) is 8.94. The second-order valence-corrected chi connectivity index (χ2v) is 7.32. The maximum Gasteiger partial charge on any atom is 0.307 e. The average molecular weight is 344 g/mol. The van der Waals surface area contributed by atoms with Gasteiger partial charge in [-0.1, -0.05) is 43.2 Å². The van der Waals surface area contributed by atoms with E-state index in [2.05, 4.69) is 10.3 Å². The molecular formula is C18H20N2O3S. The summed E-state index contributed by atoms with van der Waals surface area (Å²) < 4.78 is 0. The molecule has 5 nitrogen and oxygen atoms in total. The molecule has 1 aliphatic rings. The summed E-state index contributed by atoms with van der Waals surface area (Å²) in [4.78, 5) is 29.5. The monoisotopic (exact) mass is 344 g/mol. The first-order chi connectivity index (χ1) is 11.6. The van der Waals surface area contributed by atoms with Gasteiger partial charge < -0.3 is 10.4 Å². The van der Waals surface area contributed by atoms with Crippen LogP contribution in [0.5, 0.6) is 0 Å². The van der Waals surface area contributed by atoms with Crippen molar-refractivity contribution < 1.29 is 14.7 Å². The van der Waals surface area contributed by atoms with E-state index in [0.717, 1.165) is 29.0 Å². The summed E-state index contributed by atoms with van der Waals surface area (Å²) in [5.74, 6) is -2.17. The molecule has 1 aliphatic carbocycles. The highest BCUT2D eigenvalue weighted by molar-refractivity contribution is 7.16. The number of rotatable bonds is 4. The number of aliphatic carboxylic acids is 1. The molecule has 0 bridgehead atoms. The highest BCUT2D eigenvalue weighted by Gasteiger charge is 2.36. The van der Waals surface area contributed by atoms with Crippen molar-refractivity contribution >= 4 is 28.3 Å². The van der Waals surface area contributed by atoms with Crippen molar-refractivity contribution in [3.63, 3.8) is 0 Å². The summed E-state index contributed by atoms with van der Waals surface area (Å²) in [7, 11) is 0. The Morgan fingerprint density at radius 1 is 1.17 bits per heavy atom. The number of carbonyl (C=O) groups is 2. The number of aryl methyl sites for hydroxylation is 1. The van der Waals surface area contributed by atoms with E-state index in [1.54, 1.807) is 0 Å². The molecule has 1 saturated carbocycles. The molecule has 2 atom stereocenters. The SMILES string of the molecule is Cc1sc(NC(=O)[C@H]2CCCC[C@@H]2C(=O)O)nc1-c1ccccc1. The number of carboxylic acid groups (broad SMARTS) is 1. The minimum Gasteiger partial charge on any atom is -0.481 e. The normalized spacial score (nSPS) is 20.5. The minimum atomic E-state index is -0.879. The fourth-order valence-electron chi connectivity index (χ4n) is 3.25. The van der Waals surface area contributed by atoms with Crippen molar-refractivity contribution in [2.24, 2.45) is 11.8 Å². The predicted molar refractivity (Wildman–Crippen MR) is 94.0 cm³/mol. The zero-order valence-electron chi connectivity index (χ0n) is 13.5. The third-order valence-electron chi connectivity index (χ3n) is 4.49. The molecule has 1 amide bonds. The van der Waals surface area contributed by atoms with Crippen LogP contribution < -0.4 is 5.32 Å². The Morgan fingerprint density at radius 2 is 1.83 bits per heavy atom. The van der Waals surface area contributed by atoms with Gasteiger partial charge in [-0.3, -0.25) is 9.59 Å². The Hall–Kier alpha value is -2.21. The Morgan fingerprint density at radius 3 is 2.50 bits per heavy atom. The highest BCUT2D eigenvalue weighted by Crippen LogP contribution is 2.33. The molecule has 0 spiro atoms. The van der Waals surface area contributed by atoms with E-state index in [4.69, 9.17) is 0 Å². The zero-order valence-corrected chi connectivity index (χ0v) is 14.3. The number of nitrogens with one attached hydrogen (secondary N) is 1. The lowest BCUT2D eigenvalue weighted by atomic mass is 9.79. The Kier molecular flexibility index (Phi) is 4.94. The van der Waals surface area contributed by atoms with Crippen molar-refractivity contribution in [3.05, 3.63) is 35.2 Å². The van der Waals surface area contributed by atoms with E-state index in [9.17, 15) is 14.7 Å². The van der Waals surface area contributed by atoms with Crippen LogP contribution in [-0.4, -0.2) is 22.0 Å². The number of nitrogens with zero attached hydrogens (tertiary/aromatic N) is 1. The Bertz CT molecular complexity index is 742. The van der Waals surface area contributed by atoms with Gasteiger partial charge in [-0.15, -0.1) is 11.3 Å². The van der Waals surface area contributed by atoms with E-state index in [1.165, 1.54) is 11.3 Å². The number of hydrogen-bond donors (Lipinski definition) is 2. The second-order valence-electron chi connectivity index (χ2n) is 6.11. The number of anilines is 1. The summed E-state index contributed by atoms with van der Waals surface area (Å²) in [5.41, 5.74) is 1.86. The molecule has 24 heavy (non-hydrogen) atoms. The molecule has 126 valence electrons. The van der Waals surface area contributed by atoms with Gasteiger partial charge in [-0.25, -0.2) is 4.98 Å². The molecule has 0 unspecified atom stereocenters. The van der Waals surface area contributed by atoms with Gasteiger partial charge in [0.1, 0.15) is 0 Å². The number of aromatic nitrogens is 1. The quantitative estimate of drug-likeness (QED) is 0.880. The molecule has 2 N–H and O–H groups in total. The molecule has 6 heteroatoms. The number of thiazole rings is 1. The van der Waals surface area contributed by atoms with Crippen LogP contribution in [0.3, 0.4) is 0 Å². The van der Waals surface area contributed by atoms with Gasteiger partial charge >= 0.3 is 5.97 Å². The van der Waals surface area contributed by atoms with Crippen LogP contribution in [0.15, 0.2) is 30.3 Å². The lowest BCUT2D eigenvalue weighted by molar-refractivity contribution is -0.147. The van der Waals surface area contributed by atoms with Gasteiger partial charge in [0.25, 0.3) is 0 Å². The molecule has 2 aromatic rings. The third kappa shape index (κ3) is 3.48. The topological polar surface area (TPSA) is 79.3 Å². The first kappa shape index (κ1) is 16.6. The van der Waals surface area contributed by atoms with Crippen molar-refractivity contribution in [2.75, 3.05) is 5.32 Å². The van der Waals surface area contributed by atoms with Crippen LogP contribution in [0.1, 0.15) is 30.6 Å². The lowest BCUT2D eigenvalue weighted by Crippen LogP contribution is -2.36. The van der Waals surface area contributed by atoms with Crippen LogP contribution in [0.4, 0.5) is 5.13 Å². The molecule has 0 saturated heterocycles. The maximum atomic E-state index is 12.5. The predicted octanol–water partition coefficient (Wildman–Crippen LogP) is 3.95. The average Bonchev–Trinajstić information content (AvgIpc) is 2.96. The minimum absolute atomic E-state index is 0.226. The number of benzene rings is 1.